The first kappa shape index (κ1) is 19.1. The van der Waals surface area contributed by atoms with Gasteiger partial charge >= 0.3 is 0 Å². The Balaban J connectivity index is 1.56. The molecule has 0 spiro atoms. The number of likely N-dealkylation sites (tertiary alicyclic amines) is 1. The first-order chi connectivity index (χ1) is 12.7. The predicted octanol–water partition coefficient (Wildman–Crippen LogP) is 1.23. The van der Waals surface area contributed by atoms with Crippen molar-refractivity contribution in [3.05, 3.63) is 35.4 Å². The van der Waals surface area contributed by atoms with Crippen LogP contribution in [0.4, 0.5) is 0 Å². The smallest absolute Gasteiger partial charge is 0.193 e. The first-order valence-corrected chi connectivity index (χ1v) is 9.66. The Bertz CT molecular complexity index is 598. The van der Waals surface area contributed by atoms with E-state index in [9.17, 15) is 0 Å². The Kier molecular flexibility index (Phi) is 6.88. The van der Waals surface area contributed by atoms with E-state index in [0.29, 0.717) is 6.04 Å². The normalized spacial score (nSPS) is 22.2. The van der Waals surface area contributed by atoms with Crippen LogP contribution in [0.25, 0.3) is 0 Å². The van der Waals surface area contributed by atoms with Gasteiger partial charge in [0.2, 0.25) is 0 Å². The predicted molar refractivity (Wildman–Crippen MR) is 106 cm³/mol. The second kappa shape index (κ2) is 9.35. The third-order valence-electron chi connectivity index (χ3n) is 5.28. The second-order valence-electron chi connectivity index (χ2n) is 7.44. The van der Waals surface area contributed by atoms with Gasteiger partial charge in [-0.25, -0.2) is 0 Å². The topological polar surface area (TPSA) is 43.3 Å². The lowest BCUT2D eigenvalue weighted by molar-refractivity contribution is 0.0195. The van der Waals surface area contributed by atoms with Crippen LogP contribution in [0.1, 0.15) is 17.5 Å². The van der Waals surface area contributed by atoms with Crippen molar-refractivity contribution in [2.24, 2.45) is 4.99 Å². The van der Waals surface area contributed by atoms with Crippen molar-refractivity contribution >= 4 is 5.96 Å². The average molecular weight is 360 g/mol. The molecule has 1 atom stereocenters. The van der Waals surface area contributed by atoms with Gasteiger partial charge in [0.15, 0.2) is 5.96 Å². The van der Waals surface area contributed by atoms with Crippen LogP contribution in [0.15, 0.2) is 29.3 Å². The summed E-state index contributed by atoms with van der Waals surface area (Å²) in [5.74, 6) is 1.01. The van der Waals surface area contributed by atoms with Crippen LogP contribution in [0.5, 0.6) is 0 Å². The molecule has 0 bridgehead atoms. The number of hydrogen-bond acceptors (Lipinski definition) is 4. The lowest BCUT2D eigenvalue weighted by Gasteiger charge is -2.32. The molecule has 6 nitrogen and oxygen atoms in total. The molecule has 1 aromatic rings. The van der Waals surface area contributed by atoms with E-state index in [1.807, 2.05) is 7.05 Å². The van der Waals surface area contributed by atoms with Gasteiger partial charge < -0.3 is 19.9 Å². The van der Waals surface area contributed by atoms with Crippen LogP contribution in [0.2, 0.25) is 0 Å². The van der Waals surface area contributed by atoms with Crippen LogP contribution >= 0.6 is 0 Å². The number of benzene rings is 1. The lowest BCUT2D eigenvalue weighted by atomic mass is 10.1. The molecule has 0 amide bonds. The molecule has 2 aliphatic rings. The highest BCUT2D eigenvalue weighted by Crippen LogP contribution is 2.17. The Morgan fingerprint density at radius 1 is 1.19 bits per heavy atom. The zero-order valence-corrected chi connectivity index (χ0v) is 16.4. The molecular formula is C20H33N5O. The fraction of sp³-hybridized carbons (Fsp3) is 0.650. The van der Waals surface area contributed by atoms with Gasteiger partial charge in [-0.1, -0.05) is 24.3 Å². The fourth-order valence-corrected chi connectivity index (χ4v) is 3.91. The zero-order chi connectivity index (χ0) is 18.4. The second-order valence-corrected chi connectivity index (χ2v) is 7.44. The molecule has 0 aromatic heterocycles. The average Bonchev–Trinajstić information content (AvgIpc) is 3.14. The Hall–Kier alpha value is -1.63. The molecule has 2 fully saturated rings. The highest BCUT2D eigenvalue weighted by atomic mass is 16.5. The van der Waals surface area contributed by atoms with Crippen LogP contribution < -0.4 is 5.32 Å². The van der Waals surface area contributed by atoms with Crippen LogP contribution in [-0.2, 0) is 17.8 Å². The van der Waals surface area contributed by atoms with Crippen molar-refractivity contribution < 1.29 is 4.74 Å². The van der Waals surface area contributed by atoms with E-state index in [1.54, 1.807) is 0 Å². The molecule has 1 aromatic carbocycles. The summed E-state index contributed by atoms with van der Waals surface area (Å²) in [6.07, 6.45) is 1.21. The molecule has 26 heavy (non-hydrogen) atoms. The fourth-order valence-electron chi connectivity index (χ4n) is 3.91. The van der Waals surface area contributed by atoms with E-state index in [-0.39, 0.29) is 0 Å². The van der Waals surface area contributed by atoms with E-state index in [4.69, 9.17) is 4.74 Å². The molecule has 0 saturated carbocycles. The third kappa shape index (κ3) is 4.96. The summed E-state index contributed by atoms with van der Waals surface area (Å²) in [5, 5.41) is 3.58. The molecule has 3 rings (SSSR count). The molecule has 6 heteroatoms. The minimum Gasteiger partial charge on any atom is -0.379 e. The van der Waals surface area contributed by atoms with Crippen molar-refractivity contribution in [2.75, 3.05) is 60.5 Å². The van der Waals surface area contributed by atoms with Gasteiger partial charge in [0.1, 0.15) is 0 Å². The first-order valence-electron chi connectivity index (χ1n) is 9.66. The largest absolute Gasteiger partial charge is 0.379 e. The summed E-state index contributed by atoms with van der Waals surface area (Å²) in [5.41, 5.74) is 2.71. The lowest BCUT2D eigenvalue weighted by Crippen LogP contribution is -2.46. The molecule has 144 valence electrons. The minimum absolute atomic E-state index is 0.624. The highest BCUT2D eigenvalue weighted by molar-refractivity contribution is 5.80. The summed E-state index contributed by atoms with van der Waals surface area (Å²) < 4.78 is 5.49. The van der Waals surface area contributed by atoms with Gasteiger partial charge in [0.05, 0.1) is 13.2 Å². The number of guanidine groups is 1. The van der Waals surface area contributed by atoms with Gasteiger partial charge in [-0.05, 0) is 31.6 Å². The van der Waals surface area contributed by atoms with E-state index in [1.165, 1.54) is 17.5 Å². The number of nitrogens with zero attached hydrogens (tertiary/aromatic N) is 4. The zero-order valence-electron chi connectivity index (χ0n) is 16.4. The molecule has 0 aliphatic carbocycles. The van der Waals surface area contributed by atoms with Crippen LogP contribution in [0, 0.1) is 0 Å². The van der Waals surface area contributed by atoms with E-state index >= 15 is 0 Å². The van der Waals surface area contributed by atoms with Crippen molar-refractivity contribution in [3.63, 3.8) is 0 Å². The standard InChI is InChI=1S/C20H33N5O/c1-21-20(22-14-17-6-4-5-7-18(17)15-23(2)3)25-9-8-19(16-25)24-10-12-26-13-11-24/h4-7,19H,8-16H2,1-3H3,(H,21,22). The van der Waals surface area contributed by atoms with Crippen molar-refractivity contribution in [2.45, 2.75) is 25.6 Å². The SMILES string of the molecule is CN=C(NCc1ccccc1CN(C)C)N1CCC(N2CCOCC2)C1. The Morgan fingerprint density at radius 2 is 1.92 bits per heavy atom. The monoisotopic (exact) mass is 359 g/mol. The molecule has 2 heterocycles. The summed E-state index contributed by atoms with van der Waals surface area (Å²) >= 11 is 0. The number of nitrogens with one attached hydrogen (secondary N) is 1. The van der Waals surface area contributed by atoms with Crippen molar-refractivity contribution in [1.82, 2.24) is 20.0 Å². The molecular weight excluding hydrogens is 326 g/mol. The number of hydrogen-bond donors (Lipinski definition) is 1. The van der Waals surface area contributed by atoms with E-state index in [2.05, 4.69) is 63.4 Å². The van der Waals surface area contributed by atoms with Crippen molar-refractivity contribution in [1.29, 1.82) is 0 Å². The van der Waals surface area contributed by atoms with E-state index < -0.39 is 0 Å². The number of rotatable bonds is 5. The van der Waals surface area contributed by atoms with Crippen LogP contribution in [0.3, 0.4) is 0 Å². The molecule has 2 aliphatic heterocycles. The van der Waals surface area contributed by atoms with Crippen LogP contribution in [-0.4, -0.2) is 87.2 Å². The summed E-state index contributed by atoms with van der Waals surface area (Å²) in [7, 11) is 6.11. The van der Waals surface area contributed by atoms with E-state index in [0.717, 1.165) is 58.4 Å². The minimum atomic E-state index is 0.624. The molecule has 1 unspecified atom stereocenters. The summed E-state index contributed by atoms with van der Waals surface area (Å²) in [6.45, 7) is 7.75. The Labute approximate surface area is 157 Å². The van der Waals surface area contributed by atoms with Gasteiger partial charge in [0, 0.05) is 52.4 Å². The molecule has 1 N–H and O–H groups in total. The van der Waals surface area contributed by atoms with Gasteiger partial charge in [0.25, 0.3) is 0 Å². The summed E-state index contributed by atoms with van der Waals surface area (Å²) in [6, 6.07) is 9.27. The van der Waals surface area contributed by atoms with Crippen molar-refractivity contribution in [3.8, 4) is 0 Å². The third-order valence-corrected chi connectivity index (χ3v) is 5.28. The number of morpholine rings is 1. The number of aliphatic imine (C=N–C) groups is 1. The van der Waals surface area contributed by atoms with Gasteiger partial charge in [-0.2, -0.15) is 0 Å². The van der Waals surface area contributed by atoms with Gasteiger partial charge in [-0.3, -0.25) is 9.89 Å². The summed E-state index contributed by atoms with van der Waals surface area (Å²) in [4.78, 5) is 11.7. The maximum atomic E-state index is 5.49. The molecule has 0 radical (unpaired) electrons. The molecule has 2 saturated heterocycles. The number of ether oxygens (including phenoxy) is 1. The maximum absolute atomic E-state index is 5.49. The Morgan fingerprint density at radius 3 is 2.62 bits per heavy atom. The van der Waals surface area contributed by atoms with Gasteiger partial charge in [-0.15, -0.1) is 0 Å². The quantitative estimate of drug-likeness (QED) is 0.633. The maximum Gasteiger partial charge on any atom is 0.193 e. The highest BCUT2D eigenvalue weighted by Gasteiger charge is 2.30.